The summed E-state index contributed by atoms with van der Waals surface area (Å²) in [6.07, 6.45) is 3.44. The molecule has 1 aliphatic rings. The van der Waals surface area contributed by atoms with Crippen LogP contribution in [0.4, 0.5) is 10.5 Å². The highest BCUT2D eigenvalue weighted by molar-refractivity contribution is 7.89. The van der Waals surface area contributed by atoms with Crippen LogP contribution in [0.15, 0.2) is 53.4 Å². The molecule has 30 heavy (non-hydrogen) atoms. The number of carbonyl (C=O) groups is 1. The average Bonchev–Trinajstić information content (AvgIpc) is 2.75. The van der Waals surface area contributed by atoms with Crippen LogP contribution in [-0.4, -0.2) is 38.4 Å². The number of piperidine rings is 1. The molecule has 1 saturated heterocycles. The van der Waals surface area contributed by atoms with Gasteiger partial charge in [-0.3, -0.25) is 0 Å². The molecule has 0 atom stereocenters. The Morgan fingerprint density at radius 1 is 1.03 bits per heavy atom. The zero-order chi connectivity index (χ0) is 21.6. The number of rotatable bonds is 7. The molecular formula is C23H31N3O3S. The molecular weight excluding hydrogens is 398 g/mol. The fourth-order valence-electron chi connectivity index (χ4n) is 3.69. The first kappa shape index (κ1) is 22.3. The molecule has 1 heterocycles. The van der Waals surface area contributed by atoms with E-state index in [0.29, 0.717) is 30.4 Å². The van der Waals surface area contributed by atoms with Crippen LogP contribution in [0, 0.1) is 12.8 Å². The predicted molar refractivity (Wildman–Crippen MR) is 120 cm³/mol. The lowest BCUT2D eigenvalue weighted by Gasteiger charge is -2.31. The summed E-state index contributed by atoms with van der Waals surface area (Å²) in [5.41, 5.74) is 3.05. The van der Waals surface area contributed by atoms with Crippen molar-refractivity contribution in [3.63, 3.8) is 0 Å². The van der Waals surface area contributed by atoms with Gasteiger partial charge in [0.1, 0.15) is 0 Å². The maximum absolute atomic E-state index is 12.8. The first-order chi connectivity index (χ1) is 14.4. The third-order valence-corrected chi connectivity index (χ3v) is 7.60. The Bertz CT molecular complexity index is 933. The summed E-state index contributed by atoms with van der Waals surface area (Å²) in [4.78, 5) is 12.4. The fraction of sp³-hybridized carbons (Fsp3) is 0.435. The number of carbonyl (C=O) groups excluding carboxylic acids is 1. The van der Waals surface area contributed by atoms with Crippen molar-refractivity contribution >= 4 is 21.7 Å². The molecule has 162 valence electrons. The number of nitrogens with one attached hydrogen (secondary N) is 2. The van der Waals surface area contributed by atoms with Crippen molar-refractivity contribution in [2.24, 2.45) is 5.92 Å². The Morgan fingerprint density at radius 2 is 1.67 bits per heavy atom. The van der Waals surface area contributed by atoms with Gasteiger partial charge >= 0.3 is 6.03 Å². The molecule has 0 aromatic heterocycles. The van der Waals surface area contributed by atoms with Crippen LogP contribution in [0.2, 0.25) is 0 Å². The van der Waals surface area contributed by atoms with E-state index in [9.17, 15) is 13.2 Å². The van der Waals surface area contributed by atoms with Crippen molar-refractivity contribution in [3.8, 4) is 0 Å². The number of anilines is 1. The number of urea groups is 1. The molecule has 1 aliphatic heterocycles. The topological polar surface area (TPSA) is 78.5 Å². The Hall–Kier alpha value is -2.38. The normalized spacial score (nSPS) is 15.7. The van der Waals surface area contributed by atoms with Crippen molar-refractivity contribution in [1.82, 2.24) is 9.62 Å². The number of benzene rings is 2. The smallest absolute Gasteiger partial charge is 0.319 e. The summed E-state index contributed by atoms with van der Waals surface area (Å²) in [6, 6.07) is 14.6. The van der Waals surface area contributed by atoms with Crippen LogP contribution in [0.5, 0.6) is 0 Å². The van der Waals surface area contributed by atoms with E-state index in [1.807, 2.05) is 43.3 Å². The van der Waals surface area contributed by atoms with Gasteiger partial charge in [-0.15, -0.1) is 0 Å². The molecule has 2 amide bonds. The van der Waals surface area contributed by atoms with Crippen LogP contribution >= 0.6 is 0 Å². The fourth-order valence-corrected chi connectivity index (χ4v) is 5.16. The van der Waals surface area contributed by atoms with Crippen LogP contribution < -0.4 is 10.6 Å². The second-order valence-electron chi connectivity index (χ2n) is 7.88. The van der Waals surface area contributed by atoms with Gasteiger partial charge in [-0.05, 0) is 68.4 Å². The van der Waals surface area contributed by atoms with Gasteiger partial charge in [-0.25, -0.2) is 13.2 Å². The Kier molecular flexibility index (Phi) is 7.50. The van der Waals surface area contributed by atoms with E-state index in [4.69, 9.17) is 0 Å². The van der Waals surface area contributed by atoms with Crippen molar-refractivity contribution in [1.29, 1.82) is 0 Å². The molecule has 0 radical (unpaired) electrons. The minimum absolute atomic E-state index is 0.210. The van der Waals surface area contributed by atoms with E-state index in [2.05, 4.69) is 17.6 Å². The lowest BCUT2D eigenvalue weighted by atomic mass is 9.95. The SMILES string of the molecule is CCc1ccc(NC(=O)NCCC2CCN(S(=O)(=O)c3ccc(C)cc3)CC2)cc1. The molecule has 6 nitrogen and oxygen atoms in total. The third-order valence-electron chi connectivity index (χ3n) is 5.69. The number of aryl methyl sites for hydroxylation is 2. The minimum Gasteiger partial charge on any atom is -0.338 e. The van der Waals surface area contributed by atoms with Gasteiger partial charge in [0.2, 0.25) is 10.0 Å². The van der Waals surface area contributed by atoms with Crippen molar-refractivity contribution in [2.75, 3.05) is 25.0 Å². The lowest BCUT2D eigenvalue weighted by molar-refractivity contribution is 0.245. The van der Waals surface area contributed by atoms with Crippen LogP contribution in [0.3, 0.4) is 0 Å². The zero-order valence-electron chi connectivity index (χ0n) is 17.7. The van der Waals surface area contributed by atoms with Gasteiger partial charge < -0.3 is 10.6 Å². The monoisotopic (exact) mass is 429 g/mol. The first-order valence-electron chi connectivity index (χ1n) is 10.6. The second kappa shape index (κ2) is 10.1. The number of amides is 2. The van der Waals surface area contributed by atoms with Gasteiger partial charge in [0.15, 0.2) is 0 Å². The number of sulfonamides is 1. The van der Waals surface area contributed by atoms with Crippen molar-refractivity contribution in [3.05, 3.63) is 59.7 Å². The second-order valence-corrected chi connectivity index (χ2v) is 9.82. The molecule has 7 heteroatoms. The van der Waals surface area contributed by atoms with Crippen molar-refractivity contribution in [2.45, 2.75) is 44.4 Å². The summed E-state index contributed by atoms with van der Waals surface area (Å²) < 4.78 is 27.1. The van der Waals surface area contributed by atoms with E-state index in [1.165, 1.54) is 5.56 Å². The summed E-state index contributed by atoms with van der Waals surface area (Å²) in [7, 11) is -3.42. The third kappa shape index (κ3) is 5.83. The summed E-state index contributed by atoms with van der Waals surface area (Å²) in [5, 5.41) is 5.74. The predicted octanol–water partition coefficient (Wildman–Crippen LogP) is 4.17. The van der Waals surface area contributed by atoms with Crippen LogP contribution in [0.25, 0.3) is 0 Å². The van der Waals surface area contributed by atoms with E-state index in [0.717, 1.165) is 36.9 Å². The van der Waals surface area contributed by atoms with Crippen LogP contribution in [-0.2, 0) is 16.4 Å². The summed E-state index contributed by atoms with van der Waals surface area (Å²) in [5.74, 6) is 0.415. The van der Waals surface area contributed by atoms with Crippen LogP contribution in [0.1, 0.15) is 37.3 Å². The Morgan fingerprint density at radius 3 is 2.27 bits per heavy atom. The maximum Gasteiger partial charge on any atom is 0.319 e. The van der Waals surface area contributed by atoms with Gasteiger partial charge in [0.05, 0.1) is 4.90 Å². The molecule has 2 N–H and O–H groups in total. The molecule has 2 aromatic carbocycles. The highest BCUT2D eigenvalue weighted by Gasteiger charge is 2.29. The largest absolute Gasteiger partial charge is 0.338 e. The van der Waals surface area contributed by atoms with E-state index in [1.54, 1.807) is 16.4 Å². The minimum atomic E-state index is -3.42. The zero-order valence-corrected chi connectivity index (χ0v) is 18.5. The number of nitrogens with zero attached hydrogens (tertiary/aromatic N) is 1. The molecule has 0 saturated carbocycles. The number of hydrogen-bond acceptors (Lipinski definition) is 3. The lowest BCUT2D eigenvalue weighted by Crippen LogP contribution is -2.39. The highest BCUT2D eigenvalue weighted by Crippen LogP contribution is 2.25. The molecule has 3 rings (SSSR count). The van der Waals surface area contributed by atoms with Gasteiger partial charge in [-0.2, -0.15) is 4.31 Å². The Labute approximate surface area is 179 Å². The quantitative estimate of drug-likeness (QED) is 0.693. The standard InChI is InChI=1S/C23H31N3O3S/c1-3-19-6-8-21(9-7-19)25-23(27)24-15-12-20-13-16-26(17-14-20)30(28,29)22-10-4-18(2)5-11-22/h4-11,20H,3,12-17H2,1-2H3,(H2,24,25,27). The van der Waals surface area contributed by atoms with Crippen molar-refractivity contribution < 1.29 is 13.2 Å². The highest BCUT2D eigenvalue weighted by atomic mass is 32.2. The van der Waals surface area contributed by atoms with Gasteiger partial charge in [-0.1, -0.05) is 36.8 Å². The maximum atomic E-state index is 12.8. The van der Waals surface area contributed by atoms with E-state index < -0.39 is 10.0 Å². The van der Waals surface area contributed by atoms with E-state index in [-0.39, 0.29) is 6.03 Å². The summed E-state index contributed by atoms with van der Waals surface area (Å²) in [6.45, 7) is 5.66. The molecule has 0 bridgehead atoms. The molecule has 2 aromatic rings. The molecule has 1 fully saturated rings. The van der Waals surface area contributed by atoms with Gasteiger partial charge in [0, 0.05) is 25.3 Å². The molecule has 0 unspecified atom stereocenters. The van der Waals surface area contributed by atoms with Gasteiger partial charge in [0.25, 0.3) is 0 Å². The van der Waals surface area contributed by atoms with E-state index >= 15 is 0 Å². The molecule has 0 aliphatic carbocycles. The average molecular weight is 430 g/mol. The summed E-state index contributed by atoms with van der Waals surface area (Å²) >= 11 is 0. The first-order valence-corrected chi connectivity index (χ1v) is 12.0. The Balaban J connectivity index is 1.40. The number of hydrogen-bond donors (Lipinski definition) is 2. The molecule has 0 spiro atoms.